The van der Waals surface area contributed by atoms with Gasteiger partial charge in [0.25, 0.3) is 5.91 Å². The summed E-state index contributed by atoms with van der Waals surface area (Å²) in [5, 5.41) is 2.90. The number of fused-ring (bicyclic) bond motifs is 1. The highest BCUT2D eigenvalue weighted by atomic mass is 19.1. The Kier molecular flexibility index (Phi) is 6.27. The van der Waals surface area contributed by atoms with E-state index in [0.717, 1.165) is 19.4 Å². The minimum absolute atomic E-state index is 0.114. The lowest BCUT2D eigenvalue weighted by Crippen LogP contribution is -2.44. The van der Waals surface area contributed by atoms with Gasteiger partial charge in [-0.3, -0.25) is 9.59 Å². The van der Waals surface area contributed by atoms with E-state index in [4.69, 9.17) is 10.2 Å². The van der Waals surface area contributed by atoms with Crippen molar-refractivity contribution in [1.82, 2.24) is 15.2 Å². The molecule has 3 aromatic rings. The number of halogens is 1. The van der Waals surface area contributed by atoms with Gasteiger partial charge >= 0.3 is 0 Å². The summed E-state index contributed by atoms with van der Waals surface area (Å²) in [6.07, 6.45) is 2.00. The van der Waals surface area contributed by atoms with Gasteiger partial charge in [-0.25, -0.2) is 9.37 Å². The third kappa shape index (κ3) is 5.08. The fraction of sp³-hybridized carbons (Fsp3) is 0.348. The van der Waals surface area contributed by atoms with Crippen LogP contribution in [0.5, 0.6) is 0 Å². The topological polar surface area (TPSA) is 101 Å². The number of benzene rings is 2. The Hall–Kier alpha value is -3.26. The molecule has 1 atom stereocenters. The van der Waals surface area contributed by atoms with E-state index < -0.39 is 0 Å². The average Bonchev–Trinajstić information content (AvgIpc) is 3.17. The first kappa shape index (κ1) is 21.0. The molecule has 1 aliphatic heterocycles. The van der Waals surface area contributed by atoms with Crippen LogP contribution in [0.4, 0.5) is 4.39 Å². The third-order valence-corrected chi connectivity index (χ3v) is 5.62. The van der Waals surface area contributed by atoms with Gasteiger partial charge in [0.2, 0.25) is 5.91 Å². The number of amides is 2. The van der Waals surface area contributed by atoms with Crippen LogP contribution in [-0.2, 0) is 11.2 Å². The Bertz CT molecular complexity index is 1100. The molecule has 7 nitrogen and oxygen atoms in total. The maximum atomic E-state index is 13.9. The standard InChI is InChI=1S/C23H25FN4O3/c24-18-6-2-1-4-15(18)13-21-27-19-8-7-16(12-20(19)31-21)23(30)26-9-11-28-10-3-5-17(14-28)22(25)29/h1-2,4,6-8,12,17H,3,5,9-11,13-14H2,(H2,25,29)(H,26,30). The second kappa shape index (κ2) is 9.26. The van der Waals surface area contributed by atoms with Crippen LogP contribution in [0.1, 0.15) is 34.7 Å². The molecule has 0 spiro atoms. The monoisotopic (exact) mass is 424 g/mol. The SMILES string of the molecule is NC(=O)C1CCCN(CCNC(=O)c2ccc3nc(Cc4ccccc4F)oc3c2)C1. The predicted molar refractivity (Wildman–Crippen MR) is 114 cm³/mol. The summed E-state index contributed by atoms with van der Waals surface area (Å²) in [5.74, 6) is -0.495. The van der Waals surface area contributed by atoms with Gasteiger partial charge < -0.3 is 20.4 Å². The minimum Gasteiger partial charge on any atom is -0.440 e. The molecular weight excluding hydrogens is 399 g/mol. The Balaban J connectivity index is 1.35. The Morgan fingerprint density at radius 3 is 2.90 bits per heavy atom. The molecule has 4 rings (SSSR count). The zero-order valence-corrected chi connectivity index (χ0v) is 17.1. The maximum absolute atomic E-state index is 13.9. The molecule has 162 valence electrons. The summed E-state index contributed by atoms with van der Waals surface area (Å²) in [6.45, 7) is 2.67. The number of primary amides is 1. The van der Waals surface area contributed by atoms with Gasteiger partial charge in [0.1, 0.15) is 11.3 Å². The van der Waals surface area contributed by atoms with E-state index in [2.05, 4.69) is 15.2 Å². The highest BCUT2D eigenvalue weighted by Gasteiger charge is 2.23. The highest BCUT2D eigenvalue weighted by Crippen LogP contribution is 2.20. The number of aromatic nitrogens is 1. The average molecular weight is 424 g/mol. The molecular formula is C23H25FN4O3. The number of carbonyl (C=O) groups is 2. The van der Waals surface area contributed by atoms with E-state index >= 15 is 0 Å². The molecule has 8 heteroatoms. The van der Waals surface area contributed by atoms with E-state index in [9.17, 15) is 14.0 Å². The van der Waals surface area contributed by atoms with E-state index in [1.807, 2.05) is 0 Å². The molecule has 1 unspecified atom stereocenters. The van der Waals surface area contributed by atoms with Gasteiger partial charge in [-0.1, -0.05) is 18.2 Å². The summed E-state index contributed by atoms with van der Waals surface area (Å²) in [7, 11) is 0. The van der Waals surface area contributed by atoms with Crippen LogP contribution in [0.25, 0.3) is 11.1 Å². The Morgan fingerprint density at radius 2 is 2.10 bits per heavy atom. The molecule has 1 aliphatic rings. The molecule has 0 saturated carbocycles. The van der Waals surface area contributed by atoms with E-state index in [1.165, 1.54) is 6.07 Å². The number of likely N-dealkylation sites (tertiary alicyclic amines) is 1. The van der Waals surface area contributed by atoms with Crippen molar-refractivity contribution >= 4 is 22.9 Å². The van der Waals surface area contributed by atoms with Gasteiger partial charge in [-0.05, 0) is 49.2 Å². The number of nitrogens with one attached hydrogen (secondary N) is 1. The molecule has 3 N–H and O–H groups in total. The Labute approximate surface area is 179 Å². The second-order valence-corrected chi connectivity index (χ2v) is 7.86. The normalized spacial score (nSPS) is 17.0. The third-order valence-electron chi connectivity index (χ3n) is 5.62. The number of piperidine rings is 1. The lowest BCUT2D eigenvalue weighted by atomic mass is 9.97. The van der Waals surface area contributed by atoms with Crippen LogP contribution in [-0.4, -0.2) is 47.9 Å². The molecule has 2 heterocycles. The molecule has 1 fully saturated rings. The lowest BCUT2D eigenvalue weighted by molar-refractivity contribution is -0.123. The van der Waals surface area contributed by atoms with Crippen LogP contribution in [0.15, 0.2) is 46.9 Å². The number of oxazole rings is 1. The summed E-state index contributed by atoms with van der Waals surface area (Å²) in [5.41, 5.74) is 7.49. The van der Waals surface area contributed by atoms with Crippen molar-refractivity contribution < 1.29 is 18.4 Å². The number of hydrogen-bond donors (Lipinski definition) is 2. The number of nitrogens with two attached hydrogens (primary N) is 1. The van der Waals surface area contributed by atoms with Gasteiger partial charge in [0.15, 0.2) is 11.5 Å². The second-order valence-electron chi connectivity index (χ2n) is 7.86. The number of hydrogen-bond acceptors (Lipinski definition) is 5. The van der Waals surface area contributed by atoms with E-state index in [0.29, 0.717) is 47.8 Å². The summed E-state index contributed by atoms with van der Waals surface area (Å²) in [4.78, 5) is 30.4. The largest absolute Gasteiger partial charge is 0.440 e. The van der Waals surface area contributed by atoms with Crippen molar-refractivity contribution in [2.45, 2.75) is 19.3 Å². The number of rotatable bonds is 7. The first-order valence-corrected chi connectivity index (χ1v) is 10.4. The van der Waals surface area contributed by atoms with Crippen LogP contribution in [0, 0.1) is 11.7 Å². The molecule has 0 radical (unpaired) electrons. The van der Waals surface area contributed by atoms with Gasteiger partial charge in [0.05, 0.1) is 12.3 Å². The van der Waals surface area contributed by atoms with Crippen molar-refractivity contribution in [2.24, 2.45) is 11.7 Å². The van der Waals surface area contributed by atoms with Crippen molar-refractivity contribution in [1.29, 1.82) is 0 Å². The molecule has 2 amide bonds. The molecule has 1 aromatic heterocycles. The van der Waals surface area contributed by atoms with Crippen LogP contribution < -0.4 is 11.1 Å². The molecule has 0 bridgehead atoms. The van der Waals surface area contributed by atoms with Crippen molar-refractivity contribution in [3.63, 3.8) is 0 Å². The van der Waals surface area contributed by atoms with E-state index in [1.54, 1.807) is 36.4 Å². The molecule has 31 heavy (non-hydrogen) atoms. The van der Waals surface area contributed by atoms with Gasteiger partial charge in [-0.2, -0.15) is 0 Å². The predicted octanol–water partition coefficient (Wildman–Crippen LogP) is 2.48. The quantitative estimate of drug-likeness (QED) is 0.607. The van der Waals surface area contributed by atoms with Crippen molar-refractivity contribution in [3.05, 3.63) is 65.3 Å². The zero-order chi connectivity index (χ0) is 21.8. The first-order chi connectivity index (χ1) is 15.0. The van der Waals surface area contributed by atoms with Crippen molar-refractivity contribution in [2.75, 3.05) is 26.2 Å². The van der Waals surface area contributed by atoms with Crippen LogP contribution >= 0.6 is 0 Å². The maximum Gasteiger partial charge on any atom is 0.251 e. The lowest BCUT2D eigenvalue weighted by Gasteiger charge is -2.31. The first-order valence-electron chi connectivity index (χ1n) is 10.4. The number of carbonyl (C=O) groups excluding carboxylic acids is 2. The fourth-order valence-electron chi connectivity index (χ4n) is 3.91. The smallest absolute Gasteiger partial charge is 0.251 e. The fourth-order valence-corrected chi connectivity index (χ4v) is 3.91. The summed E-state index contributed by atoms with van der Waals surface area (Å²) < 4.78 is 19.6. The van der Waals surface area contributed by atoms with E-state index in [-0.39, 0.29) is 30.0 Å². The Morgan fingerprint density at radius 1 is 1.26 bits per heavy atom. The number of nitrogens with zero attached hydrogens (tertiary/aromatic N) is 2. The molecule has 2 aromatic carbocycles. The summed E-state index contributed by atoms with van der Waals surface area (Å²) in [6, 6.07) is 11.6. The van der Waals surface area contributed by atoms with Crippen LogP contribution in [0.3, 0.4) is 0 Å². The van der Waals surface area contributed by atoms with Gasteiger partial charge in [-0.15, -0.1) is 0 Å². The van der Waals surface area contributed by atoms with Gasteiger partial charge in [0, 0.05) is 25.2 Å². The highest BCUT2D eigenvalue weighted by molar-refractivity contribution is 5.97. The minimum atomic E-state index is -0.305. The molecule has 1 saturated heterocycles. The zero-order valence-electron chi connectivity index (χ0n) is 17.1. The van der Waals surface area contributed by atoms with Crippen LogP contribution in [0.2, 0.25) is 0 Å². The van der Waals surface area contributed by atoms with Crippen molar-refractivity contribution in [3.8, 4) is 0 Å². The summed E-state index contributed by atoms with van der Waals surface area (Å²) >= 11 is 0. The molecule has 0 aliphatic carbocycles.